The predicted octanol–water partition coefficient (Wildman–Crippen LogP) is 2.59. The van der Waals surface area contributed by atoms with Gasteiger partial charge in [0.1, 0.15) is 13.2 Å². The van der Waals surface area contributed by atoms with Crippen molar-refractivity contribution in [1.82, 2.24) is 10.2 Å². The van der Waals surface area contributed by atoms with Gasteiger partial charge in [0.05, 0.1) is 0 Å². The summed E-state index contributed by atoms with van der Waals surface area (Å²) in [4.78, 5) is 14.1. The summed E-state index contributed by atoms with van der Waals surface area (Å²) in [7, 11) is 0. The molecule has 22 heavy (non-hydrogen) atoms. The molecule has 1 aromatic carbocycles. The largest absolute Gasteiger partial charge is 0.486 e. The van der Waals surface area contributed by atoms with Gasteiger partial charge in [0, 0.05) is 19.6 Å². The molecule has 1 aromatic rings. The minimum absolute atomic E-state index is 0.0689. The SMILES string of the molecule is O=C(NCCc1ccc2c(c1)OCCO2)N1CCCCCC1. The molecule has 1 N–H and O–H groups in total. The van der Waals surface area contributed by atoms with Gasteiger partial charge in [-0.3, -0.25) is 0 Å². The van der Waals surface area contributed by atoms with E-state index in [1.54, 1.807) is 0 Å². The van der Waals surface area contributed by atoms with Gasteiger partial charge in [-0.05, 0) is 37.0 Å². The molecule has 5 nitrogen and oxygen atoms in total. The standard InChI is InChI=1S/C17H24N2O3/c20-17(19-9-3-1-2-4-10-19)18-8-7-14-5-6-15-16(13-14)22-12-11-21-15/h5-6,13H,1-4,7-12H2,(H,18,20). The number of amides is 2. The third-order valence-electron chi connectivity index (χ3n) is 4.19. The van der Waals surface area contributed by atoms with E-state index in [2.05, 4.69) is 5.32 Å². The summed E-state index contributed by atoms with van der Waals surface area (Å²) in [5.41, 5.74) is 1.15. The van der Waals surface area contributed by atoms with Crippen molar-refractivity contribution in [2.75, 3.05) is 32.8 Å². The molecule has 0 spiro atoms. The number of benzene rings is 1. The Hall–Kier alpha value is -1.91. The Balaban J connectivity index is 1.47. The number of hydrogen-bond donors (Lipinski definition) is 1. The summed E-state index contributed by atoms with van der Waals surface area (Å²) < 4.78 is 11.1. The molecule has 1 fully saturated rings. The Morgan fingerprint density at radius 1 is 1.05 bits per heavy atom. The average molecular weight is 304 g/mol. The zero-order chi connectivity index (χ0) is 15.2. The Kier molecular flexibility index (Phi) is 5.03. The van der Waals surface area contributed by atoms with Crippen LogP contribution in [-0.2, 0) is 6.42 Å². The highest BCUT2D eigenvalue weighted by Gasteiger charge is 2.15. The van der Waals surface area contributed by atoms with Crippen molar-refractivity contribution in [2.45, 2.75) is 32.1 Å². The molecule has 0 aliphatic carbocycles. The van der Waals surface area contributed by atoms with Crippen LogP contribution >= 0.6 is 0 Å². The first-order valence-electron chi connectivity index (χ1n) is 8.24. The van der Waals surface area contributed by atoms with Gasteiger partial charge in [0.15, 0.2) is 11.5 Å². The van der Waals surface area contributed by atoms with Crippen molar-refractivity contribution in [1.29, 1.82) is 0 Å². The molecule has 2 heterocycles. The van der Waals surface area contributed by atoms with Crippen LogP contribution in [-0.4, -0.2) is 43.8 Å². The number of rotatable bonds is 3. The zero-order valence-electron chi connectivity index (χ0n) is 13.0. The maximum absolute atomic E-state index is 12.1. The Morgan fingerprint density at radius 3 is 2.55 bits per heavy atom. The fourth-order valence-corrected chi connectivity index (χ4v) is 2.94. The van der Waals surface area contributed by atoms with Crippen molar-refractivity contribution in [3.8, 4) is 11.5 Å². The van der Waals surface area contributed by atoms with E-state index >= 15 is 0 Å². The molecular weight excluding hydrogens is 280 g/mol. The van der Waals surface area contributed by atoms with Crippen molar-refractivity contribution in [3.05, 3.63) is 23.8 Å². The number of fused-ring (bicyclic) bond motifs is 1. The monoisotopic (exact) mass is 304 g/mol. The van der Waals surface area contributed by atoms with Crippen molar-refractivity contribution in [2.24, 2.45) is 0 Å². The summed E-state index contributed by atoms with van der Waals surface area (Å²) in [6.45, 7) is 3.63. The summed E-state index contributed by atoms with van der Waals surface area (Å²) >= 11 is 0. The molecule has 120 valence electrons. The van der Waals surface area contributed by atoms with Gasteiger partial charge in [-0.15, -0.1) is 0 Å². The molecule has 5 heteroatoms. The fraction of sp³-hybridized carbons (Fsp3) is 0.588. The molecule has 0 unspecified atom stereocenters. The first kappa shape index (κ1) is 15.0. The quantitative estimate of drug-likeness (QED) is 0.934. The van der Waals surface area contributed by atoms with Gasteiger partial charge >= 0.3 is 6.03 Å². The van der Waals surface area contributed by atoms with Gasteiger partial charge in [-0.25, -0.2) is 4.79 Å². The summed E-state index contributed by atoms with van der Waals surface area (Å²) in [5.74, 6) is 1.62. The van der Waals surface area contributed by atoms with E-state index in [1.165, 1.54) is 12.8 Å². The molecule has 0 atom stereocenters. The lowest BCUT2D eigenvalue weighted by Gasteiger charge is -2.21. The molecule has 2 amide bonds. The number of likely N-dealkylation sites (tertiary alicyclic amines) is 1. The molecule has 0 radical (unpaired) electrons. The maximum atomic E-state index is 12.1. The lowest BCUT2D eigenvalue weighted by Crippen LogP contribution is -2.41. The van der Waals surface area contributed by atoms with Gasteiger partial charge in [-0.2, -0.15) is 0 Å². The number of hydrogen-bond acceptors (Lipinski definition) is 3. The highest BCUT2D eigenvalue weighted by molar-refractivity contribution is 5.74. The first-order valence-corrected chi connectivity index (χ1v) is 8.24. The van der Waals surface area contributed by atoms with E-state index in [9.17, 15) is 4.79 Å². The van der Waals surface area contributed by atoms with Crippen molar-refractivity contribution >= 4 is 6.03 Å². The number of nitrogens with zero attached hydrogens (tertiary/aromatic N) is 1. The molecular formula is C17H24N2O3. The molecule has 0 aromatic heterocycles. The lowest BCUT2D eigenvalue weighted by atomic mass is 10.1. The summed E-state index contributed by atoms with van der Waals surface area (Å²) in [5, 5.41) is 3.02. The fourth-order valence-electron chi connectivity index (χ4n) is 2.94. The summed E-state index contributed by atoms with van der Waals surface area (Å²) in [6.07, 6.45) is 5.52. The zero-order valence-corrected chi connectivity index (χ0v) is 13.0. The highest BCUT2D eigenvalue weighted by atomic mass is 16.6. The summed E-state index contributed by atoms with van der Waals surface area (Å²) in [6, 6.07) is 6.05. The minimum atomic E-state index is 0.0689. The average Bonchev–Trinajstić information content (AvgIpc) is 2.84. The van der Waals surface area contributed by atoms with Crippen LogP contribution in [0.25, 0.3) is 0 Å². The van der Waals surface area contributed by atoms with Crippen molar-refractivity contribution in [3.63, 3.8) is 0 Å². The van der Waals surface area contributed by atoms with Gasteiger partial charge in [0.25, 0.3) is 0 Å². The Bertz CT molecular complexity index is 511. The van der Waals surface area contributed by atoms with Crippen LogP contribution in [0.3, 0.4) is 0 Å². The van der Waals surface area contributed by atoms with Crippen LogP contribution in [0.5, 0.6) is 11.5 Å². The number of carbonyl (C=O) groups is 1. The van der Waals surface area contributed by atoms with Crippen LogP contribution in [0.15, 0.2) is 18.2 Å². The third-order valence-corrected chi connectivity index (χ3v) is 4.19. The van der Waals surface area contributed by atoms with Crippen LogP contribution in [0.4, 0.5) is 4.79 Å². The number of nitrogens with one attached hydrogen (secondary N) is 1. The second-order valence-electron chi connectivity index (χ2n) is 5.86. The molecule has 2 aliphatic rings. The van der Waals surface area contributed by atoms with Gasteiger partial charge in [0.2, 0.25) is 0 Å². The van der Waals surface area contributed by atoms with E-state index in [1.807, 2.05) is 23.1 Å². The van der Waals surface area contributed by atoms with Gasteiger partial charge in [-0.1, -0.05) is 18.9 Å². The topological polar surface area (TPSA) is 50.8 Å². The van der Waals surface area contributed by atoms with Crippen LogP contribution in [0, 0.1) is 0 Å². The number of urea groups is 1. The van der Waals surface area contributed by atoms with E-state index in [4.69, 9.17) is 9.47 Å². The Labute approximate surface area is 131 Å². The molecule has 0 bridgehead atoms. The minimum Gasteiger partial charge on any atom is -0.486 e. The van der Waals surface area contributed by atoms with E-state index in [-0.39, 0.29) is 6.03 Å². The maximum Gasteiger partial charge on any atom is 0.317 e. The first-order chi connectivity index (χ1) is 10.8. The highest BCUT2D eigenvalue weighted by Crippen LogP contribution is 2.30. The molecule has 0 saturated carbocycles. The molecule has 3 rings (SSSR count). The predicted molar refractivity (Wildman–Crippen MR) is 84.6 cm³/mol. The third kappa shape index (κ3) is 3.84. The Morgan fingerprint density at radius 2 is 1.77 bits per heavy atom. The van der Waals surface area contributed by atoms with Gasteiger partial charge < -0.3 is 19.7 Å². The van der Waals surface area contributed by atoms with Crippen LogP contribution in [0.1, 0.15) is 31.2 Å². The number of carbonyl (C=O) groups excluding carboxylic acids is 1. The molecule has 1 saturated heterocycles. The molecule has 2 aliphatic heterocycles. The van der Waals surface area contributed by atoms with E-state index in [0.717, 1.165) is 49.4 Å². The normalized spacial score (nSPS) is 17.7. The smallest absolute Gasteiger partial charge is 0.317 e. The number of ether oxygens (including phenoxy) is 2. The lowest BCUT2D eigenvalue weighted by molar-refractivity contribution is 0.171. The second-order valence-corrected chi connectivity index (χ2v) is 5.86. The second kappa shape index (κ2) is 7.38. The van der Waals surface area contributed by atoms with Crippen LogP contribution < -0.4 is 14.8 Å². The van der Waals surface area contributed by atoms with E-state index < -0.39 is 0 Å². The van der Waals surface area contributed by atoms with E-state index in [0.29, 0.717) is 19.8 Å². The van der Waals surface area contributed by atoms with Crippen LogP contribution in [0.2, 0.25) is 0 Å². The van der Waals surface area contributed by atoms with Crippen molar-refractivity contribution < 1.29 is 14.3 Å².